The number of ether oxygens (including phenoxy) is 1. The summed E-state index contributed by atoms with van der Waals surface area (Å²) in [4.78, 5) is 11.9. The highest BCUT2D eigenvalue weighted by Gasteiger charge is 2.49. The van der Waals surface area contributed by atoms with Crippen molar-refractivity contribution in [3.8, 4) is 0 Å². The van der Waals surface area contributed by atoms with Gasteiger partial charge in [0.1, 0.15) is 0 Å². The number of aliphatic carboxylic acids is 1. The number of rotatable bonds is 3. The van der Waals surface area contributed by atoms with Crippen molar-refractivity contribution in [1.82, 2.24) is 0 Å². The van der Waals surface area contributed by atoms with Gasteiger partial charge in [-0.2, -0.15) is 0 Å². The average Bonchev–Trinajstić information content (AvgIpc) is 2.38. The van der Waals surface area contributed by atoms with Crippen molar-refractivity contribution in [3.05, 3.63) is 0 Å². The van der Waals surface area contributed by atoms with Crippen LogP contribution in [0.2, 0.25) is 0 Å². The smallest absolute Gasteiger partial charge is 0.309 e. The van der Waals surface area contributed by atoms with Gasteiger partial charge in [0, 0.05) is 7.11 Å². The van der Waals surface area contributed by atoms with Gasteiger partial charge in [-0.3, -0.25) is 4.79 Å². The monoisotopic (exact) mass is 254 g/mol. The molecular weight excluding hydrogens is 228 g/mol. The molecule has 2 fully saturated rings. The molecule has 0 aromatic heterocycles. The minimum Gasteiger partial charge on any atom is -0.481 e. The van der Waals surface area contributed by atoms with Crippen LogP contribution in [0.1, 0.15) is 58.3 Å². The van der Waals surface area contributed by atoms with E-state index < -0.39 is 11.4 Å². The molecule has 0 aromatic carbocycles. The highest BCUT2D eigenvalue weighted by Crippen LogP contribution is 2.50. The zero-order chi connectivity index (χ0) is 13.2. The minimum absolute atomic E-state index is 0.275. The summed E-state index contributed by atoms with van der Waals surface area (Å²) in [5, 5.41) is 9.78. The molecule has 0 heterocycles. The molecule has 4 unspecified atom stereocenters. The predicted molar refractivity (Wildman–Crippen MR) is 70.5 cm³/mol. The largest absolute Gasteiger partial charge is 0.481 e. The van der Waals surface area contributed by atoms with E-state index in [2.05, 4.69) is 6.92 Å². The molecule has 104 valence electrons. The van der Waals surface area contributed by atoms with Crippen LogP contribution in [-0.2, 0) is 9.53 Å². The summed E-state index contributed by atoms with van der Waals surface area (Å²) in [6.45, 7) is 2.20. The van der Waals surface area contributed by atoms with E-state index in [1.807, 2.05) is 0 Å². The first-order valence-corrected chi connectivity index (χ1v) is 7.34. The fourth-order valence-electron chi connectivity index (χ4n) is 4.19. The van der Waals surface area contributed by atoms with Gasteiger partial charge in [-0.1, -0.05) is 26.2 Å². The van der Waals surface area contributed by atoms with Crippen LogP contribution < -0.4 is 0 Å². The van der Waals surface area contributed by atoms with Crippen LogP contribution in [0.15, 0.2) is 0 Å². The third-order valence-corrected chi connectivity index (χ3v) is 5.20. The van der Waals surface area contributed by atoms with E-state index >= 15 is 0 Å². The van der Waals surface area contributed by atoms with Crippen molar-refractivity contribution in [1.29, 1.82) is 0 Å². The van der Waals surface area contributed by atoms with Gasteiger partial charge >= 0.3 is 5.97 Å². The van der Waals surface area contributed by atoms with E-state index in [1.54, 1.807) is 7.11 Å². The molecule has 1 N–H and O–H groups in total. The zero-order valence-corrected chi connectivity index (χ0v) is 11.7. The summed E-state index contributed by atoms with van der Waals surface area (Å²) in [7, 11) is 1.75. The second kappa shape index (κ2) is 5.60. The van der Waals surface area contributed by atoms with Crippen molar-refractivity contribution in [3.63, 3.8) is 0 Å². The van der Waals surface area contributed by atoms with Crippen LogP contribution in [0.25, 0.3) is 0 Å². The van der Waals surface area contributed by atoms with Gasteiger partial charge in [-0.25, -0.2) is 0 Å². The Bertz CT molecular complexity index is 302. The van der Waals surface area contributed by atoms with E-state index in [0.29, 0.717) is 11.8 Å². The Morgan fingerprint density at radius 1 is 1.28 bits per heavy atom. The van der Waals surface area contributed by atoms with Gasteiger partial charge in [0.05, 0.1) is 11.5 Å². The van der Waals surface area contributed by atoms with Crippen molar-refractivity contribution >= 4 is 5.97 Å². The number of methoxy groups -OCH3 is 1. The second-order valence-electron chi connectivity index (χ2n) is 6.38. The van der Waals surface area contributed by atoms with Crippen molar-refractivity contribution in [2.75, 3.05) is 7.11 Å². The molecule has 0 spiro atoms. The molecule has 2 aliphatic rings. The predicted octanol–water partition coefficient (Wildman–Crippen LogP) is 3.47. The van der Waals surface area contributed by atoms with E-state index in [0.717, 1.165) is 44.9 Å². The Balaban J connectivity index is 2.16. The Hall–Kier alpha value is -0.570. The molecule has 3 heteroatoms. The molecular formula is C15H26O3. The maximum Gasteiger partial charge on any atom is 0.309 e. The number of carbonyl (C=O) groups is 1. The van der Waals surface area contributed by atoms with Crippen LogP contribution in [0, 0.1) is 17.3 Å². The normalized spacial score (nSPS) is 41.6. The molecule has 2 saturated carbocycles. The molecule has 0 aromatic rings. The van der Waals surface area contributed by atoms with Crippen molar-refractivity contribution in [2.24, 2.45) is 17.3 Å². The Kier molecular flexibility index (Phi) is 4.31. The standard InChI is InChI=1S/C15H26O3/c1-11-5-4-8-15(10-11,14(16)17)12-6-3-7-13(9-12)18-2/h11-13H,3-10H2,1-2H3,(H,16,17). The lowest BCUT2D eigenvalue weighted by Crippen LogP contribution is -2.45. The lowest BCUT2D eigenvalue weighted by Gasteiger charge is -2.45. The number of carboxylic acids is 1. The van der Waals surface area contributed by atoms with E-state index in [9.17, 15) is 9.90 Å². The Morgan fingerprint density at radius 3 is 2.67 bits per heavy atom. The summed E-state index contributed by atoms with van der Waals surface area (Å²) < 4.78 is 5.47. The van der Waals surface area contributed by atoms with Crippen LogP contribution >= 0.6 is 0 Å². The molecule has 2 aliphatic carbocycles. The first-order chi connectivity index (χ1) is 8.58. The van der Waals surface area contributed by atoms with Gasteiger partial charge in [-0.15, -0.1) is 0 Å². The van der Waals surface area contributed by atoms with Gasteiger partial charge in [0.2, 0.25) is 0 Å². The van der Waals surface area contributed by atoms with Crippen molar-refractivity contribution in [2.45, 2.75) is 64.4 Å². The SMILES string of the molecule is COC1CCCC(C2(C(=O)O)CCCC(C)C2)C1. The maximum atomic E-state index is 11.9. The number of carboxylic acid groups (broad SMARTS) is 1. The van der Waals surface area contributed by atoms with Crippen molar-refractivity contribution < 1.29 is 14.6 Å². The molecule has 18 heavy (non-hydrogen) atoms. The summed E-state index contributed by atoms with van der Waals surface area (Å²) in [6.07, 6.45) is 8.49. The fourth-order valence-corrected chi connectivity index (χ4v) is 4.19. The highest BCUT2D eigenvalue weighted by molar-refractivity contribution is 5.75. The lowest BCUT2D eigenvalue weighted by atomic mass is 9.59. The average molecular weight is 254 g/mol. The number of hydrogen-bond acceptors (Lipinski definition) is 2. The van der Waals surface area contributed by atoms with Crippen LogP contribution in [0.3, 0.4) is 0 Å². The molecule has 0 amide bonds. The highest BCUT2D eigenvalue weighted by atomic mass is 16.5. The maximum absolute atomic E-state index is 11.9. The fraction of sp³-hybridized carbons (Fsp3) is 0.933. The summed E-state index contributed by atoms with van der Waals surface area (Å²) >= 11 is 0. The zero-order valence-electron chi connectivity index (χ0n) is 11.7. The van der Waals surface area contributed by atoms with Gasteiger partial charge in [-0.05, 0) is 43.9 Å². The first-order valence-electron chi connectivity index (χ1n) is 7.34. The summed E-state index contributed by atoms with van der Waals surface area (Å²) in [6, 6.07) is 0. The first kappa shape index (κ1) is 13.9. The third-order valence-electron chi connectivity index (χ3n) is 5.20. The van der Waals surface area contributed by atoms with Gasteiger partial charge in [0.25, 0.3) is 0 Å². The molecule has 4 atom stereocenters. The molecule has 0 bridgehead atoms. The molecule has 2 rings (SSSR count). The molecule has 0 aliphatic heterocycles. The molecule has 3 nitrogen and oxygen atoms in total. The minimum atomic E-state index is -0.559. The van der Waals surface area contributed by atoms with Gasteiger partial charge in [0.15, 0.2) is 0 Å². The summed E-state index contributed by atoms with van der Waals surface area (Å²) in [5.74, 6) is 0.310. The van der Waals surface area contributed by atoms with E-state index in [-0.39, 0.29) is 6.10 Å². The lowest BCUT2D eigenvalue weighted by molar-refractivity contribution is -0.159. The third kappa shape index (κ3) is 2.56. The van der Waals surface area contributed by atoms with E-state index in [4.69, 9.17) is 4.74 Å². The Morgan fingerprint density at radius 2 is 2.06 bits per heavy atom. The van der Waals surface area contributed by atoms with E-state index in [1.165, 1.54) is 6.42 Å². The van der Waals surface area contributed by atoms with Crippen LogP contribution in [-0.4, -0.2) is 24.3 Å². The Labute approximate surface area is 110 Å². The molecule has 0 radical (unpaired) electrons. The van der Waals surface area contributed by atoms with Crippen LogP contribution in [0.4, 0.5) is 0 Å². The molecule has 0 saturated heterocycles. The quantitative estimate of drug-likeness (QED) is 0.838. The van der Waals surface area contributed by atoms with Gasteiger partial charge < -0.3 is 9.84 Å². The summed E-state index contributed by atoms with van der Waals surface area (Å²) in [5.41, 5.74) is -0.463. The van der Waals surface area contributed by atoms with Crippen LogP contribution in [0.5, 0.6) is 0 Å². The second-order valence-corrected chi connectivity index (χ2v) is 6.38. The number of hydrogen-bond donors (Lipinski definition) is 1. The topological polar surface area (TPSA) is 46.5 Å².